The molecule has 0 atom stereocenters. The van der Waals surface area contributed by atoms with Gasteiger partial charge in [-0.15, -0.1) is 0 Å². The maximum atomic E-state index is 12.4. The fraction of sp³-hybridized carbons (Fsp3) is 0.857. The molecule has 0 saturated heterocycles. The van der Waals surface area contributed by atoms with E-state index in [4.69, 9.17) is 0 Å². The Balaban J connectivity index is 0.00000121. The average Bonchev–Trinajstić information content (AvgIpc) is 1.49. The summed E-state index contributed by atoms with van der Waals surface area (Å²) >= 11 is 0. The molecule has 0 heterocycles. The Labute approximate surface area is 94.0 Å². The first kappa shape index (κ1) is 12.8. The minimum absolute atomic E-state index is 0. The van der Waals surface area contributed by atoms with Gasteiger partial charge in [-0.1, -0.05) is 6.92 Å². The van der Waals surface area contributed by atoms with Gasteiger partial charge in [0.25, 0.3) is 0 Å². The van der Waals surface area contributed by atoms with E-state index >= 15 is 0 Å². The van der Waals surface area contributed by atoms with Gasteiger partial charge in [-0.3, -0.25) is 0 Å². The predicted molar refractivity (Wildman–Crippen MR) is 32.6 cm³/mol. The van der Waals surface area contributed by atoms with Crippen molar-refractivity contribution in [2.45, 2.75) is 31.6 Å². The van der Waals surface area contributed by atoms with E-state index in [1.807, 2.05) is 0 Å². The molecule has 0 aromatic rings. The second-order valence-electron chi connectivity index (χ2n) is 3.18. The van der Waals surface area contributed by atoms with Crippen LogP contribution in [0.25, 0.3) is 0 Å². The van der Waals surface area contributed by atoms with Gasteiger partial charge in [0.05, 0.1) is 0 Å². The van der Waals surface area contributed by atoms with Crippen molar-refractivity contribution in [1.82, 2.24) is 0 Å². The van der Waals surface area contributed by atoms with Crippen molar-refractivity contribution in [3.8, 4) is 0 Å². The molecule has 0 nitrogen and oxygen atoms in total. The first-order chi connectivity index (χ1) is 4.81. The maximum Gasteiger partial charge on any atom is 0.137 e. The molecular weight excluding hydrogens is 249 g/mol. The summed E-state index contributed by atoms with van der Waals surface area (Å²) in [4.78, 5) is 0. The molecule has 0 bridgehead atoms. The summed E-state index contributed by atoms with van der Waals surface area (Å²) < 4.78 is 49.7. The monoisotopic (exact) mass is 258 g/mol. The topological polar surface area (TPSA) is 0 Å². The van der Waals surface area contributed by atoms with E-state index in [0.29, 0.717) is 0 Å². The minimum atomic E-state index is -3.29. The van der Waals surface area contributed by atoms with Crippen LogP contribution in [0.4, 0.5) is 17.6 Å². The van der Waals surface area contributed by atoms with Crippen molar-refractivity contribution in [1.29, 1.82) is 0 Å². The zero-order valence-electron chi connectivity index (χ0n) is 6.66. The molecule has 0 aromatic carbocycles. The van der Waals surface area contributed by atoms with Gasteiger partial charge >= 0.3 is 0 Å². The molecule has 1 fully saturated rings. The van der Waals surface area contributed by atoms with Crippen molar-refractivity contribution in [3.05, 3.63) is 6.42 Å². The summed E-state index contributed by atoms with van der Waals surface area (Å²) in [5.74, 6) is -7.19. The molecule has 0 aliphatic heterocycles. The molecule has 69 valence electrons. The number of halogens is 4. The number of hydrogen-bond acceptors (Lipinski definition) is 0. The zero-order valence-corrected chi connectivity index (χ0v) is 9.50. The Morgan fingerprint density at radius 3 is 1.67 bits per heavy atom. The Kier molecular flexibility index (Phi) is 4.18. The molecule has 1 aliphatic rings. The van der Waals surface area contributed by atoms with Crippen LogP contribution < -0.4 is 0 Å². The average molecular weight is 258 g/mol. The SMILES string of the molecule is CC1CC(F)(F)[CH-]C(F)(F)C1.[Y]. The quantitative estimate of drug-likeness (QED) is 0.463. The third kappa shape index (κ3) is 3.69. The molecule has 1 saturated carbocycles. The Hall–Kier alpha value is 0.824. The first-order valence-corrected chi connectivity index (χ1v) is 3.43. The molecule has 0 unspecified atom stereocenters. The van der Waals surface area contributed by atoms with E-state index in [1.54, 1.807) is 0 Å². The summed E-state index contributed by atoms with van der Waals surface area (Å²) in [6.45, 7) is 1.41. The van der Waals surface area contributed by atoms with Gasteiger partial charge in [0.15, 0.2) is 0 Å². The van der Waals surface area contributed by atoms with Crippen LogP contribution in [-0.2, 0) is 32.7 Å². The van der Waals surface area contributed by atoms with Crippen LogP contribution >= 0.6 is 0 Å². The Morgan fingerprint density at radius 1 is 1.08 bits per heavy atom. The molecule has 0 aromatic heterocycles. The molecule has 1 aliphatic carbocycles. The van der Waals surface area contributed by atoms with Crippen molar-refractivity contribution in [3.63, 3.8) is 0 Å². The summed E-state index contributed by atoms with van der Waals surface area (Å²) in [6, 6.07) is 0. The third-order valence-electron chi connectivity index (χ3n) is 1.66. The van der Waals surface area contributed by atoms with Gasteiger partial charge in [0, 0.05) is 32.7 Å². The molecule has 12 heavy (non-hydrogen) atoms. The Morgan fingerprint density at radius 2 is 1.42 bits per heavy atom. The smallest absolute Gasteiger partial charge is 0.137 e. The second-order valence-corrected chi connectivity index (χ2v) is 3.18. The van der Waals surface area contributed by atoms with Gasteiger partial charge in [-0.25, -0.2) is 17.6 Å². The van der Waals surface area contributed by atoms with E-state index in [9.17, 15) is 17.6 Å². The number of alkyl halides is 4. The van der Waals surface area contributed by atoms with Crippen LogP contribution in [0.5, 0.6) is 0 Å². The largest absolute Gasteiger partial charge is 0.244 e. The molecular formula is C7H9F4Y-. The van der Waals surface area contributed by atoms with E-state index in [0.717, 1.165) is 0 Å². The van der Waals surface area contributed by atoms with Gasteiger partial charge < -0.3 is 0 Å². The van der Waals surface area contributed by atoms with E-state index in [1.165, 1.54) is 6.92 Å². The van der Waals surface area contributed by atoms with Gasteiger partial charge in [0.2, 0.25) is 0 Å². The van der Waals surface area contributed by atoms with Gasteiger partial charge in [-0.05, 0) is 18.8 Å². The fourth-order valence-electron chi connectivity index (χ4n) is 1.43. The maximum absolute atomic E-state index is 12.4. The first-order valence-electron chi connectivity index (χ1n) is 3.43. The number of rotatable bonds is 0. The fourth-order valence-corrected chi connectivity index (χ4v) is 1.43. The summed E-state index contributed by atoms with van der Waals surface area (Å²) in [7, 11) is 0. The van der Waals surface area contributed by atoms with E-state index < -0.39 is 30.6 Å². The normalized spacial score (nSPS) is 27.8. The van der Waals surface area contributed by atoms with Crippen LogP contribution in [0.2, 0.25) is 0 Å². The van der Waals surface area contributed by atoms with Crippen molar-refractivity contribution in [2.24, 2.45) is 5.92 Å². The van der Waals surface area contributed by atoms with Crippen LogP contribution in [0.1, 0.15) is 19.8 Å². The molecule has 0 N–H and O–H groups in total. The predicted octanol–water partition coefficient (Wildman–Crippen LogP) is 2.89. The molecule has 0 amide bonds. The molecule has 0 spiro atoms. The van der Waals surface area contributed by atoms with Gasteiger partial charge in [0.1, 0.15) is 11.8 Å². The summed E-state index contributed by atoms with van der Waals surface area (Å²) in [6.07, 6.45) is -1.05. The second kappa shape index (κ2) is 3.91. The molecule has 1 rings (SSSR count). The van der Waals surface area contributed by atoms with Crippen molar-refractivity contribution < 1.29 is 50.3 Å². The van der Waals surface area contributed by atoms with Gasteiger partial charge in [-0.2, -0.15) is 6.42 Å². The van der Waals surface area contributed by atoms with Crippen LogP contribution in [-0.4, -0.2) is 11.8 Å². The summed E-state index contributed by atoms with van der Waals surface area (Å²) in [5.41, 5.74) is 0. The van der Waals surface area contributed by atoms with Crippen LogP contribution in [0.3, 0.4) is 0 Å². The standard InChI is InChI=1S/C7H9F4.Y/c1-5-2-6(8,9)4-7(10,11)3-5;/h4-5H,2-3H2,1H3;/q-1;. The minimum Gasteiger partial charge on any atom is -0.244 e. The van der Waals surface area contributed by atoms with E-state index in [2.05, 4.69) is 0 Å². The van der Waals surface area contributed by atoms with Crippen LogP contribution in [0.15, 0.2) is 0 Å². The zero-order chi connectivity index (χ0) is 8.70. The molecule has 5 heteroatoms. The summed E-state index contributed by atoms with van der Waals surface area (Å²) in [5, 5.41) is 0. The Bertz CT molecular complexity index is 141. The van der Waals surface area contributed by atoms with Crippen LogP contribution in [0, 0.1) is 12.3 Å². The van der Waals surface area contributed by atoms with Crippen molar-refractivity contribution >= 4 is 0 Å². The number of hydrogen-bond donors (Lipinski definition) is 0. The molecule has 1 radical (unpaired) electrons. The third-order valence-corrected chi connectivity index (χ3v) is 1.66. The van der Waals surface area contributed by atoms with E-state index in [-0.39, 0.29) is 39.1 Å². The van der Waals surface area contributed by atoms with Crippen molar-refractivity contribution in [2.75, 3.05) is 0 Å².